The Kier molecular flexibility index (Phi) is 4.24. The fraction of sp³-hybridized carbons (Fsp3) is 0.182. The summed E-state index contributed by atoms with van der Waals surface area (Å²) in [4.78, 5) is 4.20. The van der Waals surface area contributed by atoms with Crippen LogP contribution in [0.2, 0.25) is 0 Å². The lowest BCUT2D eigenvalue weighted by Crippen LogP contribution is -2.24. The molecule has 1 heterocycles. The average Bonchev–Trinajstić information content (AvgIpc) is 2.84. The van der Waals surface area contributed by atoms with E-state index in [1.165, 1.54) is 17.4 Å². The number of hydrogen-bond acceptors (Lipinski definition) is 5. The van der Waals surface area contributed by atoms with Crippen LogP contribution in [0.1, 0.15) is 10.6 Å². The summed E-state index contributed by atoms with van der Waals surface area (Å²) in [6, 6.07) is 3.21. The summed E-state index contributed by atoms with van der Waals surface area (Å²) in [7, 11) is -3.61. The third-order valence-corrected chi connectivity index (χ3v) is 5.32. The predicted molar refractivity (Wildman–Crippen MR) is 79.4 cm³/mol. The van der Waals surface area contributed by atoms with Crippen LogP contribution in [-0.2, 0) is 16.6 Å². The van der Waals surface area contributed by atoms with E-state index in [-0.39, 0.29) is 11.4 Å². The highest BCUT2D eigenvalue weighted by molar-refractivity contribution is 9.10. The lowest BCUT2D eigenvalue weighted by Gasteiger charge is -2.11. The standard InChI is InChI=1S/C11H12BrN3O2S2/c1-7-9(13)4-8(12)5-10(7)19(16,17)15-6-11-14-2-3-18-11/h2-5,15H,6,13H2,1H3. The Labute approximate surface area is 124 Å². The van der Waals surface area contributed by atoms with Crippen LogP contribution in [0.3, 0.4) is 0 Å². The summed E-state index contributed by atoms with van der Waals surface area (Å²) in [6.45, 7) is 1.85. The molecule has 0 radical (unpaired) electrons. The lowest BCUT2D eigenvalue weighted by atomic mass is 10.2. The summed E-state index contributed by atoms with van der Waals surface area (Å²) in [5, 5.41) is 2.51. The number of nitrogens with two attached hydrogens (primary N) is 1. The summed E-state index contributed by atoms with van der Waals surface area (Å²) in [5.41, 5.74) is 6.75. The van der Waals surface area contributed by atoms with Crippen LogP contribution in [-0.4, -0.2) is 13.4 Å². The smallest absolute Gasteiger partial charge is 0.241 e. The molecule has 0 spiro atoms. The molecule has 8 heteroatoms. The highest BCUT2D eigenvalue weighted by Crippen LogP contribution is 2.26. The molecule has 0 aliphatic rings. The highest BCUT2D eigenvalue weighted by atomic mass is 79.9. The van der Waals surface area contributed by atoms with Crippen LogP contribution in [0.5, 0.6) is 0 Å². The molecule has 0 fully saturated rings. The van der Waals surface area contributed by atoms with Gasteiger partial charge in [0.1, 0.15) is 5.01 Å². The van der Waals surface area contributed by atoms with Crippen molar-refractivity contribution >= 4 is 43.0 Å². The van der Waals surface area contributed by atoms with E-state index >= 15 is 0 Å². The van der Waals surface area contributed by atoms with Gasteiger partial charge in [0.15, 0.2) is 0 Å². The van der Waals surface area contributed by atoms with Crippen LogP contribution in [0.25, 0.3) is 0 Å². The molecular formula is C11H12BrN3O2S2. The van der Waals surface area contributed by atoms with Gasteiger partial charge >= 0.3 is 0 Å². The number of aromatic nitrogens is 1. The molecule has 1 aromatic heterocycles. The van der Waals surface area contributed by atoms with Crippen molar-refractivity contribution in [1.82, 2.24) is 9.71 Å². The van der Waals surface area contributed by atoms with Crippen molar-refractivity contribution in [2.75, 3.05) is 5.73 Å². The van der Waals surface area contributed by atoms with E-state index in [0.717, 1.165) is 0 Å². The summed E-state index contributed by atoms with van der Waals surface area (Å²) in [5.74, 6) is 0. The summed E-state index contributed by atoms with van der Waals surface area (Å²) in [6.07, 6.45) is 1.64. The highest BCUT2D eigenvalue weighted by Gasteiger charge is 2.19. The molecule has 0 saturated carbocycles. The summed E-state index contributed by atoms with van der Waals surface area (Å²) >= 11 is 4.64. The Bertz CT molecular complexity index is 684. The number of sulfonamides is 1. The Balaban J connectivity index is 2.29. The molecule has 0 amide bonds. The van der Waals surface area contributed by atoms with E-state index in [1.807, 2.05) is 0 Å². The number of nitrogens with one attached hydrogen (secondary N) is 1. The van der Waals surface area contributed by atoms with E-state index < -0.39 is 10.0 Å². The van der Waals surface area contributed by atoms with Crippen LogP contribution in [0.4, 0.5) is 5.69 Å². The van der Waals surface area contributed by atoms with Gasteiger partial charge in [0.2, 0.25) is 10.0 Å². The molecule has 1 aromatic carbocycles. The largest absolute Gasteiger partial charge is 0.398 e. The number of anilines is 1. The summed E-state index contributed by atoms with van der Waals surface area (Å²) < 4.78 is 27.6. The zero-order valence-electron chi connectivity index (χ0n) is 10.1. The Morgan fingerprint density at radius 1 is 1.47 bits per heavy atom. The van der Waals surface area contributed by atoms with Gasteiger partial charge in [-0.25, -0.2) is 18.1 Å². The molecule has 2 aromatic rings. The van der Waals surface area contributed by atoms with Crippen molar-refractivity contribution in [3.8, 4) is 0 Å². The molecule has 102 valence electrons. The zero-order chi connectivity index (χ0) is 14.0. The fourth-order valence-corrected chi connectivity index (χ4v) is 4.09. The second-order valence-corrected chi connectivity index (χ2v) is 7.50. The first-order chi connectivity index (χ1) is 8.90. The second-order valence-electron chi connectivity index (χ2n) is 3.87. The molecule has 2 rings (SSSR count). The van der Waals surface area contributed by atoms with Crippen molar-refractivity contribution in [3.63, 3.8) is 0 Å². The molecule has 0 bridgehead atoms. The molecule has 0 aliphatic heterocycles. The lowest BCUT2D eigenvalue weighted by molar-refractivity contribution is 0.580. The van der Waals surface area contributed by atoms with E-state index in [4.69, 9.17) is 5.73 Å². The number of rotatable bonds is 4. The van der Waals surface area contributed by atoms with Gasteiger partial charge in [-0.1, -0.05) is 15.9 Å². The quantitative estimate of drug-likeness (QED) is 0.818. The van der Waals surface area contributed by atoms with Crippen molar-refractivity contribution in [3.05, 3.63) is 38.8 Å². The van der Waals surface area contributed by atoms with Crippen molar-refractivity contribution in [2.45, 2.75) is 18.4 Å². The average molecular weight is 362 g/mol. The molecular weight excluding hydrogens is 350 g/mol. The van der Waals surface area contributed by atoms with Crippen LogP contribution < -0.4 is 10.5 Å². The Morgan fingerprint density at radius 3 is 2.84 bits per heavy atom. The molecule has 0 unspecified atom stereocenters. The first kappa shape index (κ1) is 14.4. The van der Waals surface area contributed by atoms with Crippen molar-refractivity contribution in [2.24, 2.45) is 0 Å². The Hall–Kier alpha value is -0.960. The van der Waals surface area contributed by atoms with E-state index in [2.05, 4.69) is 25.6 Å². The monoisotopic (exact) mass is 361 g/mol. The fourth-order valence-electron chi connectivity index (χ4n) is 1.53. The predicted octanol–water partition coefficient (Wildman–Crippen LogP) is 2.27. The van der Waals surface area contributed by atoms with Crippen LogP contribution in [0, 0.1) is 6.92 Å². The van der Waals surface area contributed by atoms with Crippen LogP contribution >= 0.6 is 27.3 Å². The van der Waals surface area contributed by atoms with E-state index in [0.29, 0.717) is 20.7 Å². The van der Waals surface area contributed by atoms with Gasteiger partial charge < -0.3 is 5.73 Å². The molecule has 19 heavy (non-hydrogen) atoms. The third-order valence-electron chi connectivity index (χ3n) is 2.55. The molecule has 3 N–H and O–H groups in total. The third kappa shape index (κ3) is 3.33. The minimum absolute atomic E-state index is 0.172. The van der Waals surface area contributed by atoms with E-state index in [9.17, 15) is 8.42 Å². The van der Waals surface area contributed by atoms with Crippen molar-refractivity contribution in [1.29, 1.82) is 0 Å². The number of hydrogen-bond donors (Lipinski definition) is 2. The maximum absolute atomic E-state index is 12.2. The normalized spacial score (nSPS) is 11.7. The van der Waals surface area contributed by atoms with Gasteiger partial charge in [0, 0.05) is 21.7 Å². The minimum atomic E-state index is -3.61. The zero-order valence-corrected chi connectivity index (χ0v) is 13.3. The number of nitrogen functional groups attached to an aromatic ring is 1. The SMILES string of the molecule is Cc1c(N)cc(Br)cc1S(=O)(=O)NCc1nccs1. The van der Waals surface area contributed by atoms with Gasteiger partial charge in [-0.05, 0) is 24.6 Å². The van der Waals surface area contributed by atoms with Gasteiger partial charge in [0.05, 0.1) is 11.4 Å². The Morgan fingerprint density at radius 2 is 2.21 bits per heavy atom. The second kappa shape index (κ2) is 5.58. The first-order valence-electron chi connectivity index (χ1n) is 5.34. The number of thiazole rings is 1. The minimum Gasteiger partial charge on any atom is -0.398 e. The van der Waals surface area contributed by atoms with Crippen LogP contribution in [0.15, 0.2) is 33.1 Å². The number of benzene rings is 1. The van der Waals surface area contributed by atoms with Gasteiger partial charge in [-0.15, -0.1) is 11.3 Å². The molecule has 0 saturated heterocycles. The molecule has 0 aliphatic carbocycles. The number of nitrogens with zero attached hydrogens (tertiary/aromatic N) is 1. The molecule has 5 nitrogen and oxygen atoms in total. The topological polar surface area (TPSA) is 85.1 Å². The van der Waals surface area contributed by atoms with Gasteiger partial charge in [0.25, 0.3) is 0 Å². The van der Waals surface area contributed by atoms with E-state index in [1.54, 1.807) is 24.6 Å². The van der Waals surface area contributed by atoms with Gasteiger partial charge in [-0.3, -0.25) is 0 Å². The number of halogens is 1. The van der Waals surface area contributed by atoms with Gasteiger partial charge in [-0.2, -0.15) is 0 Å². The molecule has 0 atom stereocenters. The van der Waals surface area contributed by atoms with Crippen molar-refractivity contribution < 1.29 is 8.42 Å². The maximum Gasteiger partial charge on any atom is 0.241 e. The first-order valence-corrected chi connectivity index (χ1v) is 8.49. The maximum atomic E-state index is 12.2.